The zero-order valence-corrected chi connectivity index (χ0v) is 24.4. The standard InChI is InChI=1S/C33H34N2O5S/c1-33(2,3)23-9-12-26-29(16-23)41-32(30(26)31(36)34-18-25-5-4-14-37-25)35-17-21-6-10-24(11-7-21)38-19-22-8-13-27-28(15-22)40-20-39-27/h4-8,10-11,13-15,17,23H,9,12,16,18-20H2,1-3H3,(H,34,36)/t23-/m1/s1. The van der Waals surface area contributed by atoms with Crippen molar-refractivity contribution in [1.29, 1.82) is 0 Å². The summed E-state index contributed by atoms with van der Waals surface area (Å²) in [6.07, 6.45) is 6.38. The van der Waals surface area contributed by atoms with Crippen LogP contribution in [0.25, 0.3) is 0 Å². The molecule has 1 N–H and O–H groups in total. The second-order valence-corrected chi connectivity index (χ2v) is 12.6. The molecular weight excluding hydrogens is 536 g/mol. The van der Waals surface area contributed by atoms with Crippen LogP contribution < -0.4 is 19.5 Å². The number of rotatable bonds is 8. The maximum absolute atomic E-state index is 13.4. The van der Waals surface area contributed by atoms with Gasteiger partial charge in [0.25, 0.3) is 5.91 Å². The van der Waals surface area contributed by atoms with Crippen molar-refractivity contribution in [2.75, 3.05) is 6.79 Å². The van der Waals surface area contributed by atoms with Crippen LogP contribution in [-0.4, -0.2) is 18.9 Å². The van der Waals surface area contributed by atoms with Gasteiger partial charge in [-0.25, -0.2) is 4.99 Å². The predicted octanol–water partition coefficient (Wildman–Crippen LogP) is 7.48. The minimum absolute atomic E-state index is 0.104. The van der Waals surface area contributed by atoms with E-state index in [9.17, 15) is 4.79 Å². The highest BCUT2D eigenvalue weighted by Gasteiger charge is 2.33. The Morgan fingerprint density at radius 1 is 1.12 bits per heavy atom. The number of nitrogens with one attached hydrogen (secondary N) is 1. The first kappa shape index (κ1) is 27.1. The molecule has 4 aromatic rings. The fourth-order valence-electron chi connectivity index (χ4n) is 5.29. The summed E-state index contributed by atoms with van der Waals surface area (Å²) in [4.78, 5) is 19.5. The van der Waals surface area contributed by atoms with Crippen molar-refractivity contribution in [3.05, 3.63) is 93.8 Å². The van der Waals surface area contributed by atoms with E-state index in [1.54, 1.807) is 17.6 Å². The summed E-state index contributed by atoms with van der Waals surface area (Å²) in [5.74, 6) is 3.47. The van der Waals surface area contributed by atoms with Gasteiger partial charge in [-0.05, 0) is 95.8 Å². The first-order valence-corrected chi connectivity index (χ1v) is 14.8. The van der Waals surface area contributed by atoms with Gasteiger partial charge in [0, 0.05) is 11.1 Å². The second-order valence-electron chi connectivity index (χ2n) is 11.6. The Kier molecular flexibility index (Phi) is 7.58. The molecule has 1 aliphatic carbocycles. The number of amides is 1. The molecule has 2 aromatic heterocycles. The van der Waals surface area contributed by atoms with Gasteiger partial charge in [0.05, 0.1) is 18.4 Å². The maximum Gasteiger partial charge on any atom is 0.255 e. The molecule has 0 saturated heterocycles. The van der Waals surface area contributed by atoms with E-state index in [0.717, 1.165) is 64.0 Å². The monoisotopic (exact) mass is 570 g/mol. The lowest BCUT2D eigenvalue weighted by Gasteiger charge is -2.33. The van der Waals surface area contributed by atoms with Crippen molar-refractivity contribution in [3.8, 4) is 17.2 Å². The minimum atomic E-state index is -0.104. The Balaban J connectivity index is 1.17. The number of nitrogens with zero attached hydrogens (tertiary/aromatic N) is 1. The van der Waals surface area contributed by atoms with Crippen LogP contribution in [0.5, 0.6) is 17.2 Å². The maximum atomic E-state index is 13.4. The van der Waals surface area contributed by atoms with Gasteiger partial charge >= 0.3 is 0 Å². The summed E-state index contributed by atoms with van der Waals surface area (Å²) in [7, 11) is 0. The molecule has 7 nitrogen and oxygen atoms in total. The number of hydrogen-bond acceptors (Lipinski definition) is 7. The molecular formula is C33H34N2O5S. The Morgan fingerprint density at radius 2 is 1.95 bits per heavy atom. The molecule has 8 heteroatoms. The molecule has 6 rings (SSSR count). The quantitative estimate of drug-likeness (QED) is 0.222. The molecule has 1 atom stereocenters. The van der Waals surface area contributed by atoms with Gasteiger partial charge in [-0.15, -0.1) is 11.3 Å². The summed E-state index contributed by atoms with van der Waals surface area (Å²) in [6, 6.07) is 17.3. The first-order chi connectivity index (χ1) is 19.8. The third-order valence-electron chi connectivity index (χ3n) is 7.76. The van der Waals surface area contributed by atoms with E-state index >= 15 is 0 Å². The number of thiophene rings is 1. The topological polar surface area (TPSA) is 82.3 Å². The summed E-state index contributed by atoms with van der Waals surface area (Å²) in [5, 5.41) is 3.79. The van der Waals surface area contributed by atoms with Gasteiger partial charge < -0.3 is 23.9 Å². The molecule has 0 radical (unpaired) electrons. The van der Waals surface area contributed by atoms with Crippen LogP contribution in [0.2, 0.25) is 0 Å². The number of benzene rings is 2. The van der Waals surface area contributed by atoms with E-state index in [-0.39, 0.29) is 18.1 Å². The number of furan rings is 1. The number of fused-ring (bicyclic) bond motifs is 2. The van der Waals surface area contributed by atoms with Crippen molar-refractivity contribution in [2.24, 2.45) is 16.3 Å². The normalized spacial score (nSPS) is 16.1. The lowest BCUT2D eigenvalue weighted by molar-refractivity contribution is 0.0947. The zero-order valence-electron chi connectivity index (χ0n) is 23.6. The highest BCUT2D eigenvalue weighted by molar-refractivity contribution is 7.16. The van der Waals surface area contributed by atoms with Gasteiger partial charge in [-0.3, -0.25) is 4.79 Å². The van der Waals surface area contributed by atoms with E-state index < -0.39 is 0 Å². The largest absolute Gasteiger partial charge is 0.489 e. The van der Waals surface area contributed by atoms with Crippen LogP contribution >= 0.6 is 11.3 Å². The highest BCUT2D eigenvalue weighted by atomic mass is 32.1. The van der Waals surface area contributed by atoms with Crippen LogP contribution in [0, 0.1) is 11.3 Å². The molecule has 0 spiro atoms. The smallest absolute Gasteiger partial charge is 0.255 e. The van der Waals surface area contributed by atoms with E-state index in [1.807, 2.05) is 60.8 Å². The Labute approximate surface area is 244 Å². The number of ether oxygens (including phenoxy) is 3. The van der Waals surface area contributed by atoms with Crippen LogP contribution in [0.15, 0.2) is 70.3 Å². The average Bonchev–Trinajstić information content (AvgIpc) is 3.73. The lowest BCUT2D eigenvalue weighted by atomic mass is 9.72. The second kappa shape index (κ2) is 11.4. The Morgan fingerprint density at radius 3 is 2.73 bits per heavy atom. The first-order valence-electron chi connectivity index (χ1n) is 13.9. The third kappa shape index (κ3) is 6.17. The zero-order chi connectivity index (χ0) is 28.4. The molecule has 0 bridgehead atoms. The molecule has 212 valence electrons. The molecule has 3 heterocycles. The van der Waals surface area contributed by atoms with Crippen LogP contribution in [0.4, 0.5) is 5.00 Å². The van der Waals surface area contributed by atoms with Crippen molar-refractivity contribution in [1.82, 2.24) is 5.32 Å². The average molecular weight is 571 g/mol. The van der Waals surface area contributed by atoms with E-state index in [2.05, 4.69) is 26.1 Å². The van der Waals surface area contributed by atoms with Crippen molar-refractivity contribution in [3.63, 3.8) is 0 Å². The minimum Gasteiger partial charge on any atom is -0.489 e. The number of aliphatic imine (C=N–C) groups is 1. The van der Waals surface area contributed by atoms with Gasteiger partial charge in [-0.1, -0.05) is 26.8 Å². The molecule has 1 amide bonds. The molecule has 0 fully saturated rings. The SMILES string of the molecule is CC(C)(C)[C@@H]1CCc2c(sc(N=Cc3ccc(OCc4ccc5c(c4)OCO5)cc3)c2C(=O)NCc2ccco2)C1. The van der Waals surface area contributed by atoms with Crippen LogP contribution in [0.3, 0.4) is 0 Å². The number of carbonyl (C=O) groups is 1. The lowest BCUT2D eigenvalue weighted by Crippen LogP contribution is -2.28. The summed E-state index contributed by atoms with van der Waals surface area (Å²) in [6.45, 7) is 7.93. The summed E-state index contributed by atoms with van der Waals surface area (Å²) >= 11 is 1.64. The Bertz CT molecular complexity index is 1550. The number of hydrogen-bond donors (Lipinski definition) is 1. The van der Waals surface area contributed by atoms with Crippen molar-refractivity contribution in [2.45, 2.75) is 53.2 Å². The van der Waals surface area contributed by atoms with Gasteiger partial charge in [-0.2, -0.15) is 0 Å². The van der Waals surface area contributed by atoms with E-state index in [1.165, 1.54) is 4.88 Å². The molecule has 41 heavy (non-hydrogen) atoms. The fraction of sp³-hybridized carbons (Fsp3) is 0.333. The fourth-order valence-corrected chi connectivity index (χ4v) is 6.55. The molecule has 2 aliphatic rings. The van der Waals surface area contributed by atoms with E-state index in [0.29, 0.717) is 24.6 Å². The van der Waals surface area contributed by atoms with Gasteiger partial charge in [0.15, 0.2) is 11.5 Å². The van der Waals surface area contributed by atoms with Crippen molar-refractivity contribution < 1.29 is 23.4 Å². The third-order valence-corrected chi connectivity index (χ3v) is 8.92. The highest BCUT2D eigenvalue weighted by Crippen LogP contribution is 2.45. The van der Waals surface area contributed by atoms with Crippen molar-refractivity contribution >= 4 is 28.5 Å². The molecule has 1 aliphatic heterocycles. The van der Waals surface area contributed by atoms with Crippen LogP contribution in [-0.2, 0) is 26.0 Å². The van der Waals surface area contributed by atoms with E-state index in [4.69, 9.17) is 23.6 Å². The summed E-state index contributed by atoms with van der Waals surface area (Å²) < 4.78 is 22.2. The van der Waals surface area contributed by atoms with Crippen LogP contribution in [0.1, 0.15) is 64.9 Å². The Hall–Kier alpha value is -4.04. The van der Waals surface area contributed by atoms with Gasteiger partial charge in [0.2, 0.25) is 6.79 Å². The predicted molar refractivity (Wildman–Crippen MR) is 160 cm³/mol. The molecule has 0 unspecified atom stereocenters. The summed E-state index contributed by atoms with van der Waals surface area (Å²) in [5.41, 5.74) is 4.00. The molecule has 2 aromatic carbocycles. The van der Waals surface area contributed by atoms with Gasteiger partial charge in [0.1, 0.15) is 23.1 Å². The molecule has 0 saturated carbocycles. The number of carbonyl (C=O) groups excluding carboxylic acids is 1.